The molecule has 0 radical (unpaired) electrons. The lowest BCUT2D eigenvalue weighted by atomic mass is 10.1. The second-order valence-electron chi connectivity index (χ2n) is 18.5. The van der Waals surface area contributed by atoms with Gasteiger partial charge in [0, 0.05) is 19.3 Å². The van der Waals surface area contributed by atoms with E-state index in [1.54, 1.807) is 0 Å². The summed E-state index contributed by atoms with van der Waals surface area (Å²) in [6.07, 6.45) is 68.9. The first-order chi connectivity index (χ1) is 32.5. The normalized spacial score (nSPS) is 12.6. The number of ether oxygens (including phenoxy) is 3. The van der Waals surface area contributed by atoms with Crippen LogP contribution in [0, 0.1) is 0 Å². The maximum Gasteiger partial charge on any atom is 0.306 e. The highest BCUT2D eigenvalue weighted by atomic mass is 16.6. The molecular formula is C60H104O6. The van der Waals surface area contributed by atoms with E-state index in [-0.39, 0.29) is 31.1 Å². The fraction of sp³-hybridized carbons (Fsp3) is 0.750. The van der Waals surface area contributed by atoms with Crippen LogP contribution in [0.3, 0.4) is 0 Å². The minimum atomic E-state index is -0.781. The lowest BCUT2D eigenvalue weighted by Gasteiger charge is -2.18. The molecule has 0 aromatic heterocycles. The molecule has 0 fully saturated rings. The van der Waals surface area contributed by atoms with Crippen LogP contribution in [0.4, 0.5) is 0 Å². The van der Waals surface area contributed by atoms with Crippen molar-refractivity contribution in [1.82, 2.24) is 0 Å². The van der Waals surface area contributed by atoms with Crippen LogP contribution in [0.25, 0.3) is 0 Å². The zero-order valence-electron chi connectivity index (χ0n) is 43.4. The number of carbonyl (C=O) groups is 3. The Kier molecular flexibility index (Phi) is 51.9. The molecule has 0 saturated heterocycles. The summed E-state index contributed by atoms with van der Waals surface area (Å²) in [7, 11) is 0. The minimum Gasteiger partial charge on any atom is -0.462 e. The molecule has 0 aliphatic rings. The van der Waals surface area contributed by atoms with Crippen LogP contribution in [0.1, 0.15) is 271 Å². The molecule has 0 aromatic rings. The van der Waals surface area contributed by atoms with E-state index < -0.39 is 6.10 Å². The van der Waals surface area contributed by atoms with Gasteiger partial charge in [-0.2, -0.15) is 0 Å². The first-order valence-electron chi connectivity index (χ1n) is 27.9. The Labute approximate surface area is 408 Å². The summed E-state index contributed by atoms with van der Waals surface area (Å²) >= 11 is 0. The van der Waals surface area contributed by atoms with Gasteiger partial charge in [0.2, 0.25) is 0 Å². The number of hydrogen-bond donors (Lipinski definition) is 0. The van der Waals surface area contributed by atoms with Crippen molar-refractivity contribution in [3.8, 4) is 0 Å². The van der Waals surface area contributed by atoms with Gasteiger partial charge in [0.05, 0.1) is 0 Å². The van der Waals surface area contributed by atoms with Gasteiger partial charge >= 0.3 is 17.9 Å². The number of allylic oxidation sites excluding steroid dienone is 12. The number of rotatable bonds is 50. The fourth-order valence-electron chi connectivity index (χ4n) is 7.76. The molecule has 0 rings (SSSR count). The second-order valence-corrected chi connectivity index (χ2v) is 18.5. The molecule has 6 nitrogen and oxygen atoms in total. The van der Waals surface area contributed by atoms with E-state index in [9.17, 15) is 14.4 Å². The molecular weight excluding hydrogens is 817 g/mol. The largest absolute Gasteiger partial charge is 0.462 e. The van der Waals surface area contributed by atoms with Crippen LogP contribution >= 0.6 is 0 Å². The highest BCUT2D eigenvalue weighted by molar-refractivity contribution is 5.71. The maximum atomic E-state index is 12.8. The molecule has 0 spiro atoms. The molecule has 1 unspecified atom stereocenters. The van der Waals surface area contributed by atoms with E-state index in [1.165, 1.54) is 128 Å². The van der Waals surface area contributed by atoms with Crippen molar-refractivity contribution in [1.29, 1.82) is 0 Å². The monoisotopic (exact) mass is 921 g/mol. The molecule has 0 aromatic carbocycles. The number of hydrogen-bond acceptors (Lipinski definition) is 6. The van der Waals surface area contributed by atoms with E-state index in [0.717, 1.165) is 103 Å². The van der Waals surface area contributed by atoms with Gasteiger partial charge in [-0.1, -0.05) is 235 Å². The summed E-state index contributed by atoms with van der Waals surface area (Å²) in [5.74, 6) is -0.891. The summed E-state index contributed by atoms with van der Waals surface area (Å²) in [6.45, 7) is 6.49. The topological polar surface area (TPSA) is 78.9 Å². The summed E-state index contributed by atoms with van der Waals surface area (Å²) in [5, 5.41) is 0. The maximum absolute atomic E-state index is 12.8. The van der Waals surface area contributed by atoms with Crippen molar-refractivity contribution in [3.63, 3.8) is 0 Å². The third-order valence-corrected chi connectivity index (χ3v) is 11.9. The molecule has 380 valence electrons. The molecule has 0 saturated carbocycles. The second kappa shape index (κ2) is 54.5. The van der Waals surface area contributed by atoms with Crippen LogP contribution in [0.2, 0.25) is 0 Å². The van der Waals surface area contributed by atoms with E-state index in [4.69, 9.17) is 14.2 Å². The molecule has 0 bridgehead atoms. The van der Waals surface area contributed by atoms with Crippen molar-refractivity contribution in [2.75, 3.05) is 13.2 Å². The van der Waals surface area contributed by atoms with Crippen LogP contribution in [0.15, 0.2) is 72.9 Å². The highest BCUT2D eigenvalue weighted by Crippen LogP contribution is 2.15. The fourth-order valence-corrected chi connectivity index (χ4v) is 7.76. The van der Waals surface area contributed by atoms with Crippen LogP contribution in [-0.2, 0) is 28.6 Å². The quantitative estimate of drug-likeness (QED) is 0.0262. The van der Waals surface area contributed by atoms with E-state index >= 15 is 0 Å². The van der Waals surface area contributed by atoms with E-state index in [2.05, 4.69) is 93.7 Å². The minimum absolute atomic E-state index is 0.0794. The predicted molar refractivity (Wildman–Crippen MR) is 284 cm³/mol. The van der Waals surface area contributed by atoms with Crippen molar-refractivity contribution in [2.24, 2.45) is 0 Å². The predicted octanol–water partition coefficient (Wildman–Crippen LogP) is 18.6. The molecule has 0 amide bonds. The van der Waals surface area contributed by atoms with Gasteiger partial charge in [-0.05, 0) is 89.9 Å². The van der Waals surface area contributed by atoms with Crippen LogP contribution in [-0.4, -0.2) is 37.2 Å². The zero-order chi connectivity index (χ0) is 47.9. The first kappa shape index (κ1) is 62.8. The van der Waals surface area contributed by atoms with Crippen molar-refractivity contribution in [3.05, 3.63) is 72.9 Å². The molecule has 0 N–H and O–H groups in total. The molecule has 0 heterocycles. The zero-order valence-corrected chi connectivity index (χ0v) is 43.4. The van der Waals surface area contributed by atoms with Gasteiger partial charge in [-0.3, -0.25) is 14.4 Å². The van der Waals surface area contributed by atoms with Gasteiger partial charge in [0.15, 0.2) is 6.10 Å². The molecule has 0 aliphatic carbocycles. The van der Waals surface area contributed by atoms with Gasteiger partial charge in [0.1, 0.15) is 13.2 Å². The summed E-state index contributed by atoms with van der Waals surface area (Å²) in [4.78, 5) is 38.0. The Morgan fingerprint density at radius 1 is 0.318 bits per heavy atom. The Hall–Kier alpha value is -3.15. The Balaban J connectivity index is 4.33. The van der Waals surface area contributed by atoms with Gasteiger partial charge in [-0.25, -0.2) is 0 Å². The summed E-state index contributed by atoms with van der Waals surface area (Å²) in [6, 6.07) is 0. The highest BCUT2D eigenvalue weighted by Gasteiger charge is 2.19. The lowest BCUT2D eigenvalue weighted by molar-refractivity contribution is -0.167. The Morgan fingerprint density at radius 2 is 0.591 bits per heavy atom. The van der Waals surface area contributed by atoms with E-state index in [0.29, 0.717) is 19.3 Å². The SMILES string of the molecule is CC/C=C\C/C=C\C/C=C\C/C=C\CCCCCCCCCCC(=O)OCC(COC(=O)CCCCCCCCCCCC)OC(=O)CCCCCCCCC/C=C\C/C=C\CCCCC. The third kappa shape index (κ3) is 51.8. The van der Waals surface area contributed by atoms with Gasteiger partial charge < -0.3 is 14.2 Å². The van der Waals surface area contributed by atoms with Gasteiger partial charge in [-0.15, -0.1) is 0 Å². The average molecular weight is 921 g/mol. The summed E-state index contributed by atoms with van der Waals surface area (Å²) < 4.78 is 16.8. The van der Waals surface area contributed by atoms with Crippen LogP contribution < -0.4 is 0 Å². The number of carbonyl (C=O) groups excluding carboxylic acids is 3. The number of esters is 3. The first-order valence-corrected chi connectivity index (χ1v) is 27.9. The summed E-state index contributed by atoms with van der Waals surface area (Å²) in [5.41, 5.74) is 0. The number of unbranched alkanes of at least 4 members (excludes halogenated alkanes) is 27. The van der Waals surface area contributed by atoms with Crippen molar-refractivity contribution in [2.45, 2.75) is 277 Å². The lowest BCUT2D eigenvalue weighted by Crippen LogP contribution is -2.30. The smallest absolute Gasteiger partial charge is 0.306 e. The molecule has 1 atom stereocenters. The van der Waals surface area contributed by atoms with E-state index in [1.807, 2.05) is 0 Å². The third-order valence-electron chi connectivity index (χ3n) is 11.9. The van der Waals surface area contributed by atoms with Crippen LogP contribution in [0.5, 0.6) is 0 Å². The van der Waals surface area contributed by atoms with Gasteiger partial charge in [0.25, 0.3) is 0 Å². The Morgan fingerprint density at radius 3 is 0.955 bits per heavy atom. The van der Waals surface area contributed by atoms with Crippen molar-refractivity contribution < 1.29 is 28.6 Å². The molecule has 6 heteroatoms. The molecule has 0 aliphatic heterocycles. The standard InChI is InChI=1S/C60H104O6/c1-4-7-10-13-16-19-22-24-26-28-29-30-31-33-34-36-38-41-44-47-50-53-59(62)65-56-57(55-64-58(61)52-49-46-43-40-21-18-15-12-9-6-3)66-60(63)54-51-48-45-42-39-37-35-32-27-25-23-20-17-14-11-8-5-2/h7,10,16-17,19-20,24-27,29-30,57H,4-6,8-9,11-15,18,21-23,28,31-56H2,1-3H3/b10-7-,19-16-,20-17-,26-24-,27-25-,30-29-. The van der Waals surface area contributed by atoms with Crippen molar-refractivity contribution >= 4 is 17.9 Å². The Bertz CT molecular complexity index is 1240. The molecule has 66 heavy (non-hydrogen) atoms. The average Bonchev–Trinajstić information content (AvgIpc) is 3.31.